The van der Waals surface area contributed by atoms with E-state index in [1.165, 1.54) is 12.1 Å². The number of fused-ring (bicyclic) bond motifs is 1. The first-order valence-electron chi connectivity index (χ1n) is 6.43. The number of benzene rings is 1. The smallest absolute Gasteiger partial charge is 0.317 e. The second-order valence-electron chi connectivity index (χ2n) is 5.16. The van der Waals surface area contributed by atoms with Gasteiger partial charge in [0.25, 0.3) is 0 Å². The maximum Gasteiger partial charge on any atom is 0.317 e. The van der Waals surface area contributed by atoms with Crippen LogP contribution in [0.15, 0.2) is 18.2 Å². The van der Waals surface area contributed by atoms with Crippen molar-refractivity contribution in [2.24, 2.45) is 0 Å². The van der Waals surface area contributed by atoms with Gasteiger partial charge in [0.2, 0.25) is 0 Å². The Labute approximate surface area is 111 Å². The van der Waals surface area contributed by atoms with Gasteiger partial charge in [0, 0.05) is 38.4 Å². The number of halogens is 1. The number of anilines is 1. The monoisotopic (exact) mass is 264 g/mol. The van der Waals surface area contributed by atoms with Crippen molar-refractivity contribution in [1.82, 2.24) is 15.1 Å². The van der Waals surface area contributed by atoms with Crippen molar-refractivity contribution in [2.75, 3.05) is 31.9 Å². The van der Waals surface area contributed by atoms with Crippen molar-refractivity contribution in [3.63, 3.8) is 0 Å². The quantitative estimate of drug-likeness (QED) is 0.770. The Balaban J connectivity index is 1.66. The van der Waals surface area contributed by atoms with Crippen LogP contribution < -0.4 is 11.1 Å². The minimum absolute atomic E-state index is 0.0275. The summed E-state index contributed by atoms with van der Waals surface area (Å²) in [4.78, 5) is 15.6. The molecule has 102 valence electrons. The Morgan fingerprint density at radius 1 is 1.37 bits per heavy atom. The molecular weight excluding hydrogens is 247 g/mol. The first-order valence-corrected chi connectivity index (χ1v) is 6.43. The predicted octanol–water partition coefficient (Wildman–Crippen LogP) is 0.617. The maximum atomic E-state index is 13.3. The molecule has 1 atom stereocenters. The Hall–Kier alpha value is -1.82. The van der Waals surface area contributed by atoms with Crippen LogP contribution >= 0.6 is 0 Å². The summed E-state index contributed by atoms with van der Waals surface area (Å²) in [6, 6.07) is 4.89. The molecule has 2 saturated heterocycles. The summed E-state index contributed by atoms with van der Waals surface area (Å²) < 4.78 is 13.3. The van der Waals surface area contributed by atoms with Crippen LogP contribution in [0.5, 0.6) is 0 Å². The van der Waals surface area contributed by atoms with Crippen molar-refractivity contribution < 1.29 is 9.18 Å². The average Bonchev–Trinajstić information content (AvgIpc) is 2.69. The highest BCUT2D eigenvalue weighted by atomic mass is 19.1. The zero-order chi connectivity index (χ0) is 13.4. The molecule has 2 fully saturated rings. The van der Waals surface area contributed by atoms with Gasteiger partial charge < -0.3 is 16.0 Å². The van der Waals surface area contributed by atoms with Gasteiger partial charge >= 0.3 is 6.03 Å². The van der Waals surface area contributed by atoms with E-state index in [9.17, 15) is 9.18 Å². The van der Waals surface area contributed by atoms with Gasteiger partial charge in [-0.2, -0.15) is 0 Å². The molecule has 1 unspecified atom stereocenters. The summed E-state index contributed by atoms with van der Waals surface area (Å²) in [6.07, 6.45) is 0. The third-order valence-corrected chi connectivity index (χ3v) is 3.70. The maximum absolute atomic E-state index is 13.3. The number of rotatable bonds is 2. The summed E-state index contributed by atoms with van der Waals surface area (Å²) in [5.41, 5.74) is 6.98. The summed E-state index contributed by atoms with van der Waals surface area (Å²) in [5, 5.41) is 2.84. The third kappa shape index (κ3) is 2.49. The molecule has 19 heavy (non-hydrogen) atoms. The number of nitrogen functional groups attached to an aromatic ring is 1. The van der Waals surface area contributed by atoms with Crippen LogP contribution in [0.1, 0.15) is 5.56 Å². The van der Waals surface area contributed by atoms with Crippen LogP contribution in [0.3, 0.4) is 0 Å². The zero-order valence-corrected chi connectivity index (χ0v) is 10.6. The summed E-state index contributed by atoms with van der Waals surface area (Å²) in [7, 11) is 0. The second-order valence-corrected chi connectivity index (χ2v) is 5.16. The number of hydrogen-bond donors (Lipinski definition) is 2. The van der Waals surface area contributed by atoms with E-state index in [1.54, 1.807) is 6.07 Å². The fraction of sp³-hybridized carbons (Fsp3) is 0.462. The van der Waals surface area contributed by atoms with E-state index in [0.29, 0.717) is 18.8 Å². The standard InChI is InChI=1S/C13H17FN4O/c14-10-3-9(4-11(15)5-10)7-17-1-2-18-12(8-17)6-16-13(18)19/h3-5,12H,1-2,6-8,15H2,(H,16,19). The topological polar surface area (TPSA) is 61.6 Å². The Morgan fingerprint density at radius 3 is 3.00 bits per heavy atom. The van der Waals surface area contributed by atoms with Crippen molar-refractivity contribution in [3.05, 3.63) is 29.6 Å². The zero-order valence-electron chi connectivity index (χ0n) is 10.6. The molecule has 2 amide bonds. The molecule has 0 saturated carbocycles. The van der Waals surface area contributed by atoms with Crippen LogP contribution in [0, 0.1) is 5.82 Å². The molecule has 0 bridgehead atoms. The van der Waals surface area contributed by atoms with Gasteiger partial charge in [0.15, 0.2) is 0 Å². The van der Waals surface area contributed by atoms with Gasteiger partial charge in [-0.05, 0) is 23.8 Å². The average molecular weight is 264 g/mol. The minimum atomic E-state index is -0.300. The highest BCUT2D eigenvalue weighted by Gasteiger charge is 2.35. The molecule has 3 rings (SSSR count). The second kappa shape index (κ2) is 4.70. The lowest BCUT2D eigenvalue weighted by Crippen LogP contribution is -2.51. The first kappa shape index (κ1) is 12.2. The molecule has 1 aromatic rings. The van der Waals surface area contributed by atoms with E-state index in [0.717, 1.165) is 25.2 Å². The van der Waals surface area contributed by atoms with Gasteiger partial charge in [0.05, 0.1) is 6.04 Å². The molecule has 0 aromatic heterocycles. The lowest BCUT2D eigenvalue weighted by Gasteiger charge is -2.36. The molecule has 2 heterocycles. The van der Waals surface area contributed by atoms with Crippen molar-refractivity contribution in [3.8, 4) is 0 Å². The highest BCUT2D eigenvalue weighted by molar-refractivity contribution is 5.77. The molecule has 2 aliphatic rings. The number of urea groups is 1. The molecular formula is C13H17FN4O. The molecule has 0 aliphatic carbocycles. The fourth-order valence-electron chi connectivity index (χ4n) is 2.84. The largest absolute Gasteiger partial charge is 0.399 e. The molecule has 0 radical (unpaired) electrons. The van der Waals surface area contributed by atoms with E-state index in [1.807, 2.05) is 4.90 Å². The third-order valence-electron chi connectivity index (χ3n) is 3.70. The fourth-order valence-corrected chi connectivity index (χ4v) is 2.84. The van der Waals surface area contributed by atoms with Crippen molar-refractivity contribution >= 4 is 11.7 Å². The van der Waals surface area contributed by atoms with Crippen LogP contribution in [-0.2, 0) is 6.54 Å². The van der Waals surface area contributed by atoms with Crippen molar-refractivity contribution in [2.45, 2.75) is 12.6 Å². The number of amides is 2. The Kier molecular flexibility index (Phi) is 3.02. The number of nitrogens with one attached hydrogen (secondary N) is 1. The number of piperazine rings is 1. The lowest BCUT2D eigenvalue weighted by atomic mass is 10.1. The number of hydrogen-bond acceptors (Lipinski definition) is 3. The first-order chi connectivity index (χ1) is 9.11. The molecule has 2 aliphatic heterocycles. The Morgan fingerprint density at radius 2 is 2.21 bits per heavy atom. The van der Waals surface area contributed by atoms with E-state index >= 15 is 0 Å². The van der Waals surface area contributed by atoms with Gasteiger partial charge in [-0.1, -0.05) is 0 Å². The normalized spacial score (nSPS) is 23.3. The van der Waals surface area contributed by atoms with E-state index in [4.69, 9.17) is 5.73 Å². The van der Waals surface area contributed by atoms with Crippen LogP contribution in [0.25, 0.3) is 0 Å². The van der Waals surface area contributed by atoms with Gasteiger partial charge in [0.1, 0.15) is 5.82 Å². The molecule has 5 nitrogen and oxygen atoms in total. The summed E-state index contributed by atoms with van der Waals surface area (Å²) in [6.45, 7) is 3.71. The molecule has 3 N–H and O–H groups in total. The SMILES string of the molecule is Nc1cc(F)cc(CN2CCN3C(=O)NCC3C2)c1. The van der Waals surface area contributed by atoms with Gasteiger partial charge in [-0.25, -0.2) is 9.18 Å². The van der Waals surface area contributed by atoms with E-state index in [2.05, 4.69) is 10.2 Å². The lowest BCUT2D eigenvalue weighted by molar-refractivity contribution is 0.116. The highest BCUT2D eigenvalue weighted by Crippen LogP contribution is 2.18. The number of carbonyl (C=O) groups is 1. The molecule has 1 aromatic carbocycles. The summed E-state index contributed by atoms with van der Waals surface area (Å²) >= 11 is 0. The summed E-state index contributed by atoms with van der Waals surface area (Å²) in [5.74, 6) is -0.300. The molecule has 0 spiro atoms. The number of nitrogens with zero attached hydrogens (tertiary/aromatic N) is 2. The van der Waals surface area contributed by atoms with Gasteiger partial charge in [-0.15, -0.1) is 0 Å². The Bertz CT molecular complexity index is 487. The molecule has 6 heteroatoms. The van der Waals surface area contributed by atoms with Crippen LogP contribution in [0.4, 0.5) is 14.9 Å². The number of nitrogens with two attached hydrogens (primary N) is 1. The predicted molar refractivity (Wildman–Crippen MR) is 70.0 cm³/mol. The van der Waals surface area contributed by atoms with Crippen LogP contribution in [-0.4, -0.2) is 48.1 Å². The minimum Gasteiger partial charge on any atom is -0.399 e. The van der Waals surface area contributed by atoms with Gasteiger partial charge in [-0.3, -0.25) is 4.90 Å². The van der Waals surface area contributed by atoms with Crippen LogP contribution in [0.2, 0.25) is 0 Å². The van der Waals surface area contributed by atoms with Crippen molar-refractivity contribution in [1.29, 1.82) is 0 Å². The van der Waals surface area contributed by atoms with E-state index < -0.39 is 0 Å². The van der Waals surface area contributed by atoms with E-state index in [-0.39, 0.29) is 17.9 Å². The number of carbonyl (C=O) groups excluding carboxylic acids is 1.